The molecule has 1 N–H and O–H groups in total. The quantitative estimate of drug-likeness (QED) is 0.922. The number of hydrogen-bond acceptors (Lipinski definition) is 5. The Morgan fingerprint density at radius 3 is 2.74 bits per heavy atom. The van der Waals surface area contributed by atoms with Crippen molar-refractivity contribution in [2.24, 2.45) is 0 Å². The van der Waals surface area contributed by atoms with Crippen molar-refractivity contribution in [2.75, 3.05) is 6.54 Å². The molecular formula is C12H18ClN5S. The van der Waals surface area contributed by atoms with E-state index < -0.39 is 0 Å². The van der Waals surface area contributed by atoms with Crippen LogP contribution in [0.1, 0.15) is 49.1 Å². The first-order chi connectivity index (χ1) is 9.06. The molecule has 0 fully saturated rings. The van der Waals surface area contributed by atoms with Crippen molar-refractivity contribution in [3.05, 3.63) is 27.5 Å². The lowest BCUT2D eigenvalue weighted by Crippen LogP contribution is -2.25. The van der Waals surface area contributed by atoms with Crippen LogP contribution in [0.25, 0.3) is 0 Å². The summed E-state index contributed by atoms with van der Waals surface area (Å²) in [7, 11) is 0. The van der Waals surface area contributed by atoms with Crippen LogP contribution in [0.3, 0.4) is 0 Å². The van der Waals surface area contributed by atoms with Gasteiger partial charge in [-0.05, 0) is 38.8 Å². The molecule has 0 saturated carbocycles. The van der Waals surface area contributed by atoms with E-state index in [1.54, 1.807) is 6.20 Å². The second-order valence-corrected chi connectivity index (χ2v) is 5.82. The van der Waals surface area contributed by atoms with Crippen molar-refractivity contribution in [3.63, 3.8) is 0 Å². The Kier molecular flexibility index (Phi) is 4.54. The molecule has 0 spiro atoms. The molecule has 0 aliphatic heterocycles. The topological polar surface area (TPSA) is 55.6 Å². The summed E-state index contributed by atoms with van der Waals surface area (Å²) in [6.45, 7) is 9.05. The van der Waals surface area contributed by atoms with Gasteiger partial charge in [0.15, 0.2) is 0 Å². The standard InChI is InChI=1S/C12H18ClN5S/c1-5-14-10(12-8(4)16-17-19-12)11-9(13)6-15-18(11)7(2)3/h6-7,10,14H,5H2,1-4H3. The average Bonchev–Trinajstić information content (AvgIpc) is 2.93. The molecule has 0 aromatic carbocycles. The highest BCUT2D eigenvalue weighted by atomic mass is 35.5. The van der Waals surface area contributed by atoms with Crippen molar-refractivity contribution in [1.29, 1.82) is 0 Å². The fourth-order valence-electron chi connectivity index (χ4n) is 2.05. The summed E-state index contributed by atoms with van der Waals surface area (Å²) in [5, 5.41) is 12.6. The zero-order chi connectivity index (χ0) is 14.0. The Balaban J connectivity index is 2.51. The zero-order valence-electron chi connectivity index (χ0n) is 11.5. The second-order valence-electron chi connectivity index (χ2n) is 4.63. The summed E-state index contributed by atoms with van der Waals surface area (Å²) in [4.78, 5) is 1.09. The summed E-state index contributed by atoms with van der Waals surface area (Å²) in [5.74, 6) is 0. The summed E-state index contributed by atoms with van der Waals surface area (Å²) in [5.41, 5.74) is 1.91. The normalized spacial score (nSPS) is 13.2. The summed E-state index contributed by atoms with van der Waals surface area (Å²) in [6, 6.07) is 0.243. The van der Waals surface area contributed by atoms with E-state index in [2.05, 4.69) is 40.8 Å². The van der Waals surface area contributed by atoms with Crippen LogP contribution in [0.4, 0.5) is 0 Å². The van der Waals surface area contributed by atoms with E-state index in [0.29, 0.717) is 5.02 Å². The van der Waals surface area contributed by atoms with Gasteiger partial charge in [0.2, 0.25) is 0 Å². The highest BCUT2D eigenvalue weighted by molar-refractivity contribution is 7.05. The van der Waals surface area contributed by atoms with Crippen molar-refractivity contribution >= 4 is 23.1 Å². The molecule has 0 saturated heterocycles. The predicted molar refractivity (Wildman–Crippen MR) is 77.8 cm³/mol. The van der Waals surface area contributed by atoms with Gasteiger partial charge in [-0.1, -0.05) is 23.0 Å². The minimum atomic E-state index is -0.0117. The molecule has 2 aromatic rings. The molecule has 1 atom stereocenters. The van der Waals surface area contributed by atoms with Crippen LogP contribution < -0.4 is 5.32 Å². The largest absolute Gasteiger partial charge is 0.304 e. The molecule has 0 radical (unpaired) electrons. The summed E-state index contributed by atoms with van der Waals surface area (Å²) in [6.07, 6.45) is 1.70. The van der Waals surface area contributed by atoms with Gasteiger partial charge in [0, 0.05) is 6.04 Å². The number of rotatable bonds is 5. The molecule has 0 aliphatic carbocycles. The van der Waals surface area contributed by atoms with Gasteiger partial charge in [-0.3, -0.25) is 4.68 Å². The molecule has 2 aromatic heterocycles. The molecule has 0 amide bonds. The highest BCUT2D eigenvalue weighted by Crippen LogP contribution is 2.32. The molecule has 0 bridgehead atoms. The number of nitrogens with one attached hydrogen (secondary N) is 1. The molecule has 0 aliphatic rings. The van der Waals surface area contributed by atoms with Gasteiger partial charge < -0.3 is 5.32 Å². The number of halogens is 1. The lowest BCUT2D eigenvalue weighted by Gasteiger charge is -2.20. The van der Waals surface area contributed by atoms with Crippen molar-refractivity contribution in [3.8, 4) is 0 Å². The van der Waals surface area contributed by atoms with E-state index in [0.717, 1.165) is 22.8 Å². The van der Waals surface area contributed by atoms with E-state index in [-0.39, 0.29) is 12.1 Å². The maximum absolute atomic E-state index is 6.33. The van der Waals surface area contributed by atoms with Crippen LogP contribution in [0, 0.1) is 6.92 Å². The monoisotopic (exact) mass is 299 g/mol. The lowest BCUT2D eigenvalue weighted by molar-refractivity contribution is 0.478. The molecular weight excluding hydrogens is 282 g/mol. The maximum Gasteiger partial charge on any atom is 0.0892 e. The van der Waals surface area contributed by atoms with Crippen LogP contribution in [0.5, 0.6) is 0 Å². The number of aryl methyl sites for hydroxylation is 1. The molecule has 1 unspecified atom stereocenters. The smallest absolute Gasteiger partial charge is 0.0892 e. The number of aromatic nitrogens is 4. The Morgan fingerprint density at radius 1 is 1.47 bits per heavy atom. The summed E-state index contributed by atoms with van der Waals surface area (Å²) < 4.78 is 5.97. The highest BCUT2D eigenvalue weighted by Gasteiger charge is 2.26. The van der Waals surface area contributed by atoms with E-state index in [1.165, 1.54) is 11.5 Å². The van der Waals surface area contributed by atoms with Crippen LogP contribution in [0.2, 0.25) is 5.02 Å². The Hall–Kier alpha value is -0.980. The number of nitrogens with zero attached hydrogens (tertiary/aromatic N) is 4. The van der Waals surface area contributed by atoms with Crippen molar-refractivity contribution in [2.45, 2.75) is 39.8 Å². The first-order valence-electron chi connectivity index (χ1n) is 6.31. The van der Waals surface area contributed by atoms with E-state index in [9.17, 15) is 0 Å². The van der Waals surface area contributed by atoms with Gasteiger partial charge in [0.1, 0.15) is 0 Å². The minimum absolute atomic E-state index is 0.0117. The van der Waals surface area contributed by atoms with Gasteiger partial charge in [-0.2, -0.15) is 5.10 Å². The molecule has 2 rings (SSSR count). The fourth-order valence-corrected chi connectivity index (χ4v) is 3.02. The van der Waals surface area contributed by atoms with Gasteiger partial charge in [0.25, 0.3) is 0 Å². The SMILES string of the molecule is CCNC(c1snnc1C)c1c(Cl)cnn1C(C)C. The van der Waals surface area contributed by atoms with Crippen LogP contribution in [-0.2, 0) is 0 Å². The Morgan fingerprint density at radius 2 is 2.21 bits per heavy atom. The molecule has 2 heterocycles. The minimum Gasteiger partial charge on any atom is -0.304 e. The van der Waals surface area contributed by atoms with Crippen molar-refractivity contribution < 1.29 is 0 Å². The van der Waals surface area contributed by atoms with Crippen molar-refractivity contribution in [1.82, 2.24) is 24.7 Å². The first-order valence-corrected chi connectivity index (χ1v) is 7.46. The summed E-state index contributed by atoms with van der Waals surface area (Å²) >= 11 is 7.73. The third-order valence-electron chi connectivity index (χ3n) is 2.91. The lowest BCUT2D eigenvalue weighted by atomic mass is 10.1. The number of hydrogen-bond donors (Lipinski definition) is 1. The maximum atomic E-state index is 6.33. The van der Waals surface area contributed by atoms with Gasteiger partial charge in [-0.25, -0.2) is 0 Å². The van der Waals surface area contributed by atoms with Gasteiger partial charge >= 0.3 is 0 Å². The van der Waals surface area contributed by atoms with Gasteiger partial charge in [0.05, 0.1) is 33.5 Å². The van der Waals surface area contributed by atoms with Crippen LogP contribution >= 0.6 is 23.1 Å². The van der Waals surface area contributed by atoms with Crippen LogP contribution in [-0.4, -0.2) is 25.9 Å². The fraction of sp³-hybridized carbons (Fsp3) is 0.583. The van der Waals surface area contributed by atoms with E-state index in [4.69, 9.17) is 11.6 Å². The Bertz CT molecular complexity index is 548. The molecule has 5 nitrogen and oxygen atoms in total. The molecule has 104 valence electrons. The first kappa shape index (κ1) is 14.4. The van der Waals surface area contributed by atoms with Gasteiger partial charge in [-0.15, -0.1) is 5.10 Å². The third-order valence-corrected chi connectivity index (χ3v) is 4.09. The van der Waals surface area contributed by atoms with E-state index >= 15 is 0 Å². The second kappa shape index (κ2) is 5.98. The molecule has 19 heavy (non-hydrogen) atoms. The predicted octanol–water partition coefficient (Wildman–Crippen LogP) is 2.98. The Labute approximate surface area is 122 Å². The van der Waals surface area contributed by atoms with Crippen LogP contribution in [0.15, 0.2) is 6.20 Å². The molecule has 7 heteroatoms. The third kappa shape index (κ3) is 2.80. The van der Waals surface area contributed by atoms with E-state index in [1.807, 2.05) is 11.6 Å². The average molecular weight is 300 g/mol. The zero-order valence-corrected chi connectivity index (χ0v) is 13.1.